The molecule has 4 rings (SSSR count). The number of benzene rings is 2. The van der Waals surface area contributed by atoms with E-state index in [4.69, 9.17) is 4.74 Å². The van der Waals surface area contributed by atoms with E-state index in [2.05, 4.69) is 75.9 Å². The van der Waals surface area contributed by atoms with Gasteiger partial charge in [0.05, 0.1) is 6.61 Å². The van der Waals surface area contributed by atoms with Crippen LogP contribution < -0.4 is 4.74 Å². The fourth-order valence-corrected chi connectivity index (χ4v) is 4.36. The van der Waals surface area contributed by atoms with E-state index in [-0.39, 0.29) is 25.2 Å². The topological polar surface area (TPSA) is 32.7 Å². The third-order valence-corrected chi connectivity index (χ3v) is 6.29. The molecule has 38 heavy (non-hydrogen) atoms. The molecule has 1 N–H and O–H groups in total. The second-order valence-electron chi connectivity index (χ2n) is 9.48. The van der Waals surface area contributed by atoms with Crippen LogP contribution in [-0.4, -0.2) is 37.3 Å². The maximum atomic E-state index is 9.77. The summed E-state index contributed by atoms with van der Waals surface area (Å²) in [6.45, 7) is 4.11. The van der Waals surface area contributed by atoms with Crippen molar-refractivity contribution in [3.8, 4) is 11.5 Å². The minimum atomic E-state index is 0. The number of nitrogens with zero attached hydrogens (tertiary/aromatic N) is 1. The van der Waals surface area contributed by atoms with Gasteiger partial charge in [-0.25, -0.2) is 0 Å². The summed E-state index contributed by atoms with van der Waals surface area (Å²) in [6, 6.07) is 15.9. The van der Waals surface area contributed by atoms with Crippen LogP contribution in [0.2, 0.25) is 0 Å². The third kappa shape index (κ3) is 11.2. The Hall–Kier alpha value is -1.64. The van der Waals surface area contributed by atoms with E-state index in [9.17, 15) is 5.11 Å². The molecule has 4 heteroatoms. The molecular formula is C34H41NO2Ru+2. The normalized spacial score (nSPS) is 16.0. The maximum absolute atomic E-state index is 9.77. The predicted molar refractivity (Wildman–Crippen MR) is 155 cm³/mol. The van der Waals surface area contributed by atoms with Gasteiger partial charge in [-0.05, 0) is 139 Å². The van der Waals surface area contributed by atoms with E-state index in [0.29, 0.717) is 0 Å². The second-order valence-corrected chi connectivity index (χ2v) is 9.48. The van der Waals surface area contributed by atoms with Gasteiger partial charge in [-0.1, -0.05) is 49.6 Å². The predicted octanol–water partition coefficient (Wildman–Crippen LogP) is 7.53. The first-order chi connectivity index (χ1) is 18.1. The van der Waals surface area contributed by atoms with Crippen molar-refractivity contribution >= 4 is 5.57 Å². The number of hydrogen-bond acceptors (Lipinski definition) is 3. The molecule has 200 valence electrons. The molecule has 0 unspecified atom stereocenters. The second kappa shape index (κ2) is 18.6. The molecule has 0 aliphatic heterocycles. The van der Waals surface area contributed by atoms with Crippen LogP contribution in [0.15, 0.2) is 54.1 Å². The average molecular weight is 597 g/mol. The fraction of sp³-hybridized carbons (Fsp3) is 0.294. The van der Waals surface area contributed by atoms with Crippen LogP contribution in [0.5, 0.6) is 11.5 Å². The Morgan fingerprint density at radius 2 is 1.24 bits per heavy atom. The first kappa shape index (κ1) is 32.6. The monoisotopic (exact) mass is 597 g/mol. The van der Waals surface area contributed by atoms with Gasteiger partial charge in [-0.3, -0.25) is 0 Å². The summed E-state index contributed by atoms with van der Waals surface area (Å²) < 4.78 is 5.99. The van der Waals surface area contributed by atoms with Gasteiger partial charge >= 0.3 is 19.5 Å². The summed E-state index contributed by atoms with van der Waals surface area (Å²) in [6.07, 6.45) is 24.2. The summed E-state index contributed by atoms with van der Waals surface area (Å²) in [5, 5.41) is 9.77. The minimum absolute atomic E-state index is 0. The third-order valence-electron chi connectivity index (χ3n) is 6.29. The van der Waals surface area contributed by atoms with Crippen molar-refractivity contribution in [3.05, 3.63) is 129 Å². The van der Waals surface area contributed by atoms with Crippen LogP contribution in [-0.2, 0) is 19.5 Å². The van der Waals surface area contributed by atoms with Crippen LogP contribution in [0.25, 0.3) is 5.57 Å². The molecule has 0 atom stereocenters. The Labute approximate surface area is 245 Å². The van der Waals surface area contributed by atoms with Gasteiger partial charge in [0.15, 0.2) is 0 Å². The summed E-state index contributed by atoms with van der Waals surface area (Å²) in [7, 11) is 4.25. The maximum Gasteiger partial charge on any atom is 2.00 e. The zero-order chi connectivity index (χ0) is 26.3. The van der Waals surface area contributed by atoms with Gasteiger partial charge in [-0.2, -0.15) is 0 Å². The molecule has 0 amide bonds. The van der Waals surface area contributed by atoms with Crippen LogP contribution in [0, 0.1) is 63.7 Å². The quantitative estimate of drug-likeness (QED) is 0.203. The van der Waals surface area contributed by atoms with E-state index < -0.39 is 0 Å². The molecule has 0 saturated heterocycles. The smallest absolute Gasteiger partial charge is 0.508 e. The molecule has 2 aliphatic rings. The molecule has 0 bridgehead atoms. The number of hydrogen-bond donors (Lipinski definition) is 1. The standard InChI is InChI=1S/C29H36NO2.C5H5.Ru/c1-4-28(23-11-7-8-12-23)29(24-13-17-26(31)18-14-24)25-15-19-27(20-16-25)32-22-10-6-5-9-21-30(2)3;1-2-4-5-3-1;/h7-8,11-20,31H,4-6,9-10,21-22H2,1-3H3;1-5H;/q;;+2/b29-28-;;. The summed E-state index contributed by atoms with van der Waals surface area (Å²) in [4.78, 5) is 2.24. The molecular weight excluding hydrogens is 555 g/mol. The van der Waals surface area contributed by atoms with Crippen LogP contribution in [0.4, 0.5) is 0 Å². The number of rotatable bonds is 12. The van der Waals surface area contributed by atoms with Crippen molar-refractivity contribution in [1.82, 2.24) is 4.90 Å². The van der Waals surface area contributed by atoms with Crippen LogP contribution in [0.1, 0.15) is 50.2 Å². The van der Waals surface area contributed by atoms with E-state index in [1.165, 1.54) is 36.3 Å². The van der Waals surface area contributed by atoms with Gasteiger partial charge < -0.3 is 14.7 Å². The van der Waals surface area contributed by atoms with Crippen LogP contribution in [0.3, 0.4) is 0 Å². The van der Waals surface area contributed by atoms with Crippen molar-refractivity contribution in [1.29, 1.82) is 0 Å². The fourth-order valence-electron chi connectivity index (χ4n) is 4.36. The summed E-state index contributed by atoms with van der Waals surface area (Å²) in [5.74, 6) is 2.44. The molecule has 2 aliphatic carbocycles. The Morgan fingerprint density at radius 3 is 1.76 bits per heavy atom. The molecule has 0 spiro atoms. The molecule has 2 aromatic carbocycles. The van der Waals surface area contributed by atoms with Gasteiger partial charge in [0, 0.05) is 5.92 Å². The van der Waals surface area contributed by atoms with Gasteiger partial charge in [0.1, 0.15) is 11.5 Å². The van der Waals surface area contributed by atoms with Crippen molar-refractivity contribution < 1.29 is 29.3 Å². The number of aromatic hydroxyl groups is 1. The average Bonchev–Trinajstić information content (AvgIpc) is 3.65. The first-order valence-corrected chi connectivity index (χ1v) is 13.4. The first-order valence-electron chi connectivity index (χ1n) is 13.4. The van der Waals surface area contributed by atoms with Crippen molar-refractivity contribution in [2.24, 2.45) is 0 Å². The molecule has 0 heterocycles. The molecule has 0 aromatic heterocycles. The molecule has 10 radical (unpaired) electrons. The van der Waals surface area contributed by atoms with Crippen molar-refractivity contribution in [2.45, 2.75) is 39.0 Å². The molecule has 2 saturated carbocycles. The largest absolute Gasteiger partial charge is 2.00 e. The Bertz CT molecular complexity index is 903. The number of allylic oxidation sites excluding steroid dienone is 1. The van der Waals surface area contributed by atoms with Gasteiger partial charge in [0.25, 0.3) is 0 Å². The number of unbranched alkanes of at least 4 members (excludes halogenated alkanes) is 3. The van der Waals surface area contributed by atoms with Gasteiger partial charge in [-0.15, -0.1) is 0 Å². The zero-order valence-corrected chi connectivity index (χ0v) is 24.7. The van der Waals surface area contributed by atoms with E-state index in [0.717, 1.165) is 42.9 Å². The zero-order valence-electron chi connectivity index (χ0n) is 22.9. The SMILES string of the molecule is CC/C([C]1[CH][CH][CH][CH]1)=C(\c1ccc(O)cc1)c1ccc(OCCCCCCN(C)C)cc1.[CH]1[CH][CH][CH][CH]1.[Ru+2]. The van der Waals surface area contributed by atoms with E-state index in [1.54, 1.807) is 12.1 Å². The minimum Gasteiger partial charge on any atom is -0.508 e. The van der Waals surface area contributed by atoms with Gasteiger partial charge in [0.2, 0.25) is 0 Å². The van der Waals surface area contributed by atoms with Crippen LogP contribution >= 0.6 is 0 Å². The number of phenols is 1. The number of phenolic OH excluding ortho intramolecular Hbond substituents is 1. The van der Waals surface area contributed by atoms with E-state index in [1.807, 2.05) is 44.2 Å². The summed E-state index contributed by atoms with van der Waals surface area (Å²) >= 11 is 0. The molecule has 2 aromatic rings. The Kier molecular flexibility index (Phi) is 16.0. The van der Waals surface area contributed by atoms with Crippen molar-refractivity contribution in [2.75, 3.05) is 27.2 Å². The molecule has 3 nitrogen and oxygen atoms in total. The van der Waals surface area contributed by atoms with E-state index >= 15 is 0 Å². The Morgan fingerprint density at radius 1 is 0.711 bits per heavy atom. The van der Waals surface area contributed by atoms with Crippen molar-refractivity contribution in [3.63, 3.8) is 0 Å². The Balaban J connectivity index is 0.000000756. The molecule has 2 fully saturated rings. The summed E-state index contributed by atoms with van der Waals surface area (Å²) in [5.41, 5.74) is 4.76. The number of ether oxygens (including phenoxy) is 1.